The molecule has 1 amide bonds. The smallest absolute Gasteiger partial charge is 0.307 e. The largest absolute Gasteiger partial charge is 0.481 e. The number of carbonyl (C=O) groups excluding carboxylic acids is 1. The maximum absolute atomic E-state index is 13.5. The quantitative estimate of drug-likeness (QED) is 0.856. The lowest BCUT2D eigenvalue weighted by Gasteiger charge is -2.14. The van der Waals surface area contributed by atoms with E-state index in [1.165, 1.54) is 6.07 Å². The molecule has 0 saturated heterocycles. The minimum absolute atomic E-state index is 0.321. The predicted molar refractivity (Wildman–Crippen MR) is 62.2 cm³/mol. The molecule has 0 spiro atoms. The molecule has 0 aliphatic heterocycles. The Labute approximate surface area is 104 Å². The van der Waals surface area contributed by atoms with Gasteiger partial charge in [0.15, 0.2) is 0 Å². The Balaban J connectivity index is 1.97. The molecule has 0 bridgehead atoms. The highest BCUT2D eigenvalue weighted by Gasteiger charge is 2.48. The number of nitrogens with one attached hydrogen (secondary N) is 1. The molecule has 18 heavy (non-hydrogen) atoms. The van der Waals surface area contributed by atoms with Gasteiger partial charge in [-0.25, -0.2) is 4.39 Å². The van der Waals surface area contributed by atoms with Crippen LogP contribution >= 0.6 is 0 Å². The first-order chi connectivity index (χ1) is 8.50. The number of rotatable bonds is 4. The van der Waals surface area contributed by atoms with Crippen molar-refractivity contribution in [1.29, 1.82) is 0 Å². The summed E-state index contributed by atoms with van der Waals surface area (Å²) in [5.74, 6) is -2.71. The number of carbonyl (C=O) groups is 2. The number of hydrogen-bond donors (Lipinski definition) is 2. The number of amides is 1. The van der Waals surface area contributed by atoms with Gasteiger partial charge in [0.25, 0.3) is 0 Å². The third-order valence-corrected chi connectivity index (χ3v) is 3.17. The highest BCUT2D eigenvalue weighted by atomic mass is 19.1. The molecule has 0 unspecified atom stereocenters. The minimum atomic E-state index is -0.950. The second-order valence-electron chi connectivity index (χ2n) is 4.54. The summed E-state index contributed by atoms with van der Waals surface area (Å²) in [5.41, 5.74) is 0.401. The Kier molecular flexibility index (Phi) is 3.32. The van der Waals surface area contributed by atoms with Gasteiger partial charge in [-0.1, -0.05) is 18.2 Å². The van der Waals surface area contributed by atoms with Crippen LogP contribution in [0.3, 0.4) is 0 Å². The Bertz CT molecular complexity index is 489. The molecule has 1 aromatic rings. The van der Waals surface area contributed by atoms with Gasteiger partial charge in [0.1, 0.15) is 5.82 Å². The Morgan fingerprint density at radius 3 is 2.61 bits per heavy atom. The number of aliphatic carboxylic acids is 1. The van der Waals surface area contributed by atoms with E-state index in [2.05, 4.69) is 5.32 Å². The second-order valence-corrected chi connectivity index (χ2v) is 4.54. The van der Waals surface area contributed by atoms with E-state index >= 15 is 0 Å². The summed E-state index contributed by atoms with van der Waals surface area (Å²) in [7, 11) is 0. The van der Waals surface area contributed by atoms with Gasteiger partial charge in [-0.2, -0.15) is 0 Å². The fraction of sp³-hybridized carbons (Fsp3) is 0.385. The first-order valence-electron chi connectivity index (χ1n) is 5.78. The van der Waals surface area contributed by atoms with Crippen LogP contribution in [-0.2, 0) is 9.59 Å². The third kappa shape index (κ3) is 2.50. The molecule has 2 N–H and O–H groups in total. The number of carboxylic acid groups (broad SMARTS) is 1. The van der Waals surface area contributed by atoms with E-state index in [9.17, 15) is 14.0 Å². The second kappa shape index (κ2) is 4.76. The van der Waals surface area contributed by atoms with E-state index in [1.807, 2.05) is 0 Å². The van der Waals surface area contributed by atoms with Crippen LogP contribution in [0.4, 0.5) is 4.39 Å². The molecule has 96 valence electrons. The van der Waals surface area contributed by atoms with E-state index in [1.54, 1.807) is 25.1 Å². The van der Waals surface area contributed by atoms with Gasteiger partial charge in [-0.3, -0.25) is 9.59 Å². The zero-order chi connectivity index (χ0) is 13.3. The van der Waals surface area contributed by atoms with Crippen LogP contribution in [0, 0.1) is 17.7 Å². The molecular formula is C13H14FNO3. The van der Waals surface area contributed by atoms with Crippen molar-refractivity contribution in [2.45, 2.75) is 19.4 Å². The lowest BCUT2D eigenvalue weighted by Crippen LogP contribution is -2.29. The standard InChI is InChI=1S/C13H14FNO3/c1-7(8-4-2-3-5-11(8)14)15-12(16)9-6-10(9)13(17)18/h2-5,7,9-10H,6H2,1H3,(H,15,16)(H,17,18)/t7-,9+,10-/m0/s1. The van der Waals surface area contributed by atoms with E-state index in [-0.39, 0.29) is 11.7 Å². The Hall–Kier alpha value is -1.91. The maximum Gasteiger partial charge on any atom is 0.307 e. The topological polar surface area (TPSA) is 66.4 Å². The molecule has 1 aromatic carbocycles. The van der Waals surface area contributed by atoms with E-state index in [0.29, 0.717) is 12.0 Å². The van der Waals surface area contributed by atoms with Gasteiger partial charge in [0.05, 0.1) is 17.9 Å². The molecule has 0 heterocycles. The van der Waals surface area contributed by atoms with Crippen LogP contribution in [0.1, 0.15) is 24.9 Å². The normalized spacial score (nSPS) is 23.2. The van der Waals surface area contributed by atoms with Gasteiger partial charge < -0.3 is 10.4 Å². The van der Waals surface area contributed by atoms with Crippen LogP contribution in [0.15, 0.2) is 24.3 Å². The summed E-state index contributed by atoms with van der Waals surface area (Å²) >= 11 is 0. The van der Waals surface area contributed by atoms with E-state index < -0.39 is 23.8 Å². The van der Waals surface area contributed by atoms with Gasteiger partial charge in [-0.15, -0.1) is 0 Å². The summed E-state index contributed by atoms with van der Waals surface area (Å²) in [6, 6.07) is 5.73. The molecule has 3 atom stereocenters. The summed E-state index contributed by atoms with van der Waals surface area (Å²) in [6.45, 7) is 1.68. The van der Waals surface area contributed by atoms with Gasteiger partial charge in [0.2, 0.25) is 5.91 Å². The summed E-state index contributed by atoms with van der Waals surface area (Å²) < 4.78 is 13.5. The minimum Gasteiger partial charge on any atom is -0.481 e. The zero-order valence-corrected chi connectivity index (χ0v) is 9.89. The first-order valence-corrected chi connectivity index (χ1v) is 5.78. The molecule has 0 radical (unpaired) electrons. The lowest BCUT2D eigenvalue weighted by molar-refractivity contribution is -0.140. The van der Waals surface area contributed by atoms with Crippen LogP contribution < -0.4 is 5.32 Å². The lowest BCUT2D eigenvalue weighted by atomic mass is 10.1. The van der Waals surface area contributed by atoms with Crippen molar-refractivity contribution in [3.05, 3.63) is 35.6 Å². The van der Waals surface area contributed by atoms with Crippen molar-refractivity contribution in [3.8, 4) is 0 Å². The average molecular weight is 251 g/mol. The van der Waals surface area contributed by atoms with Gasteiger partial charge in [0, 0.05) is 5.56 Å². The number of carboxylic acids is 1. The monoisotopic (exact) mass is 251 g/mol. The molecule has 1 aliphatic rings. The first kappa shape index (κ1) is 12.5. The SMILES string of the molecule is C[C@H](NC(=O)[C@@H]1C[C@@H]1C(=O)O)c1ccccc1F. The molecular weight excluding hydrogens is 237 g/mol. The highest BCUT2D eigenvalue weighted by Crippen LogP contribution is 2.39. The molecule has 2 rings (SSSR count). The molecule has 1 saturated carbocycles. The average Bonchev–Trinajstić information content (AvgIpc) is 3.09. The van der Waals surface area contributed by atoms with Crippen molar-refractivity contribution in [3.63, 3.8) is 0 Å². The van der Waals surface area contributed by atoms with Crippen LogP contribution in [0.25, 0.3) is 0 Å². The Morgan fingerprint density at radius 1 is 1.39 bits per heavy atom. The summed E-state index contributed by atoms with van der Waals surface area (Å²) in [5, 5.41) is 11.4. The number of benzene rings is 1. The molecule has 5 heteroatoms. The van der Waals surface area contributed by atoms with Crippen molar-refractivity contribution < 1.29 is 19.1 Å². The van der Waals surface area contributed by atoms with Crippen LogP contribution in [-0.4, -0.2) is 17.0 Å². The highest BCUT2D eigenvalue weighted by molar-refractivity contribution is 5.89. The van der Waals surface area contributed by atoms with Crippen molar-refractivity contribution in [1.82, 2.24) is 5.32 Å². The molecule has 1 aliphatic carbocycles. The maximum atomic E-state index is 13.5. The van der Waals surface area contributed by atoms with E-state index in [4.69, 9.17) is 5.11 Å². The van der Waals surface area contributed by atoms with Crippen molar-refractivity contribution in [2.75, 3.05) is 0 Å². The van der Waals surface area contributed by atoms with Crippen molar-refractivity contribution >= 4 is 11.9 Å². The predicted octanol–water partition coefficient (Wildman–Crippen LogP) is 1.72. The molecule has 0 aromatic heterocycles. The fourth-order valence-electron chi connectivity index (χ4n) is 1.98. The van der Waals surface area contributed by atoms with Gasteiger partial charge in [-0.05, 0) is 19.4 Å². The van der Waals surface area contributed by atoms with Crippen LogP contribution in [0.2, 0.25) is 0 Å². The van der Waals surface area contributed by atoms with Crippen LogP contribution in [0.5, 0.6) is 0 Å². The fourth-order valence-corrected chi connectivity index (χ4v) is 1.98. The summed E-state index contributed by atoms with van der Waals surface area (Å²) in [4.78, 5) is 22.4. The Morgan fingerprint density at radius 2 is 2.06 bits per heavy atom. The third-order valence-electron chi connectivity index (χ3n) is 3.17. The van der Waals surface area contributed by atoms with E-state index in [0.717, 1.165) is 0 Å². The zero-order valence-electron chi connectivity index (χ0n) is 9.89. The molecule has 4 nitrogen and oxygen atoms in total. The number of hydrogen-bond acceptors (Lipinski definition) is 2. The van der Waals surface area contributed by atoms with Crippen molar-refractivity contribution in [2.24, 2.45) is 11.8 Å². The number of halogens is 1. The molecule has 1 fully saturated rings. The summed E-state index contributed by atoms with van der Waals surface area (Å²) in [6.07, 6.45) is 0.366. The van der Waals surface area contributed by atoms with Gasteiger partial charge >= 0.3 is 5.97 Å².